The van der Waals surface area contributed by atoms with Crippen molar-refractivity contribution in [1.29, 1.82) is 0 Å². The molecule has 4 aromatic carbocycles. The molecule has 75 heavy (non-hydrogen) atoms. The second-order valence-electron chi connectivity index (χ2n) is 18.1. The Balaban J connectivity index is 0.00000113. The van der Waals surface area contributed by atoms with Gasteiger partial charge >= 0.3 is 0 Å². The van der Waals surface area contributed by atoms with Gasteiger partial charge in [-0.1, -0.05) is 198 Å². The first-order valence-corrected chi connectivity index (χ1v) is 27.0. The molecule has 4 rings (SSSR count). The van der Waals surface area contributed by atoms with Crippen LogP contribution in [0.3, 0.4) is 0 Å². The van der Waals surface area contributed by atoms with Crippen LogP contribution in [0, 0.1) is 0 Å². The van der Waals surface area contributed by atoms with Crippen LogP contribution in [0.4, 0.5) is 0 Å². The van der Waals surface area contributed by atoms with E-state index >= 15 is 0 Å². The van der Waals surface area contributed by atoms with Crippen LogP contribution in [0.5, 0.6) is 0 Å². The molecule has 0 heterocycles. The zero-order valence-corrected chi connectivity index (χ0v) is 47.1. The summed E-state index contributed by atoms with van der Waals surface area (Å²) in [5.74, 6) is -0.239. The first kappa shape index (κ1) is 68.2. The molecular weight excluding hydrogens is 941 g/mol. The van der Waals surface area contributed by atoms with E-state index in [0.29, 0.717) is 25.9 Å². The second kappa shape index (κ2) is 43.6. The number of benzene rings is 4. The highest BCUT2D eigenvalue weighted by atomic mass is 16.2. The minimum Gasteiger partial charge on any atom is -0.370 e. The van der Waals surface area contributed by atoms with E-state index in [1.54, 1.807) is 0 Å². The number of guanidine groups is 2. The average Bonchev–Trinajstić information content (AvgIpc) is 3.41. The Labute approximate surface area is 450 Å². The molecule has 0 bridgehead atoms. The zero-order chi connectivity index (χ0) is 56.2. The lowest BCUT2D eigenvalue weighted by Gasteiger charge is -2.21. The number of hydrogen-bond acceptors (Lipinski definition) is 8. The largest absolute Gasteiger partial charge is 0.370 e. The van der Waals surface area contributed by atoms with E-state index in [9.17, 15) is 19.2 Å². The Kier molecular flexibility index (Phi) is 39.7. The lowest BCUT2D eigenvalue weighted by atomic mass is 10.00. The zero-order valence-electron chi connectivity index (χ0n) is 47.1. The molecule has 0 spiro atoms. The van der Waals surface area contributed by atoms with Crippen LogP contribution in [0.25, 0.3) is 22.3 Å². The van der Waals surface area contributed by atoms with E-state index in [1.807, 2.05) is 91.8 Å². The van der Waals surface area contributed by atoms with E-state index in [1.165, 1.54) is 11.1 Å². The maximum absolute atomic E-state index is 12.7. The number of carbonyl (C=O) groups is 4. The van der Waals surface area contributed by atoms with Crippen LogP contribution in [-0.2, 0) is 32.0 Å². The van der Waals surface area contributed by atoms with Crippen molar-refractivity contribution in [3.8, 4) is 22.3 Å². The van der Waals surface area contributed by atoms with Gasteiger partial charge in [-0.3, -0.25) is 29.2 Å². The number of unbranched alkanes of at least 4 members (excludes halogenated alkanes) is 3. The summed E-state index contributed by atoms with van der Waals surface area (Å²) in [4.78, 5) is 56.6. The fourth-order valence-electron chi connectivity index (χ4n) is 6.85. The summed E-state index contributed by atoms with van der Waals surface area (Å²) in [5, 5.41) is 17.8. The van der Waals surface area contributed by atoms with Crippen molar-refractivity contribution in [2.45, 2.75) is 151 Å². The Morgan fingerprint density at radius 3 is 1.07 bits per heavy atom. The topological polar surface area (TPSA) is 269 Å². The van der Waals surface area contributed by atoms with Crippen LogP contribution in [0.1, 0.15) is 125 Å². The summed E-state index contributed by atoms with van der Waals surface area (Å²) in [6, 6.07) is 36.5. The van der Waals surface area contributed by atoms with E-state index in [-0.39, 0.29) is 72.8 Å². The van der Waals surface area contributed by atoms with E-state index in [4.69, 9.17) is 22.9 Å². The van der Waals surface area contributed by atoms with Gasteiger partial charge in [0.15, 0.2) is 11.9 Å². The Morgan fingerprint density at radius 1 is 0.440 bits per heavy atom. The minimum absolute atomic E-state index is 0.00572. The van der Waals surface area contributed by atoms with Crippen LogP contribution in [0.2, 0.25) is 0 Å². The van der Waals surface area contributed by atoms with Gasteiger partial charge in [0.05, 0.1) is 25.2 Å². The quantitative estimate of drug-likeness (QED) is 0.0161. The van der Waals surface area contributed by atoms with Crippen molar-refractivity contribution >= 4 is 35.5 Å². The highest BCUT2D eigenvalue weighted by molar-refractivity contribution is 5.88. The van der Waals surface area contributed by atoms with Gasteiger partial charge in [-0.15, -0.1) is 0 Å². The van der Waals surface area contributed by atoms with Gasteiger partial charge < -0.3 is 54.8 Å². The standard InChI is InChI=1S/C25H35N3O2.C24H33N3O2.2C4H11N3.C2H6/c1-4-5-9-16-26-24(29)18-27-25(30)23(28-19(2)3)17-20-12-14-22(15-13-20)21-10-7-6-8-11-21;1-4-5-15-25-23(28)17-26-24(29)22(27-18(2)3)16-19-11-13-21(14-12-19)20-9-7-6-8-10-20;2*1-2-3-7-4(5)6;1-2/h6-8,10-15,19,23,28H,4-5,9,16-18H2,1-3H3,(H,26,29)(H,27,30);6-14,18,22,27H,4-5,15-17H2,1-3H3,(H,25,28)(H,26,29);2*2-3H2,1H3,(H4,5,6,7);1-2H3/t23-;;;;/m0..../s1. The number of nitrogens with two attached hydrogens (primary N) is 4. The number of nitrogens with one attached hydrogen (secondary N) is 6. The smallest absolute Gasteiger partial charge is 0.239 e. The van der Waals surface area contributed by atoms with Crippen molar-refractivity contribution in [1.82, 2.24) is 31.9 Å². The molecule has 0 saturated carbocycles. The molecule has 0 fully saturated rings. The van der Waals surface area contributed by atoms with Crippen molar-refractivity contribution in [2.24, 2.45) is 32.9 Å². The number of amides is 4. The normalized spacial score (nSPS) is 10.9. The molecule has 0 aliphatic carbocycles. The molecular formula is C59H96N12O4. The number of rotatable bonds is 27. The first-order valence-electron chi connectivity index (χ1n) is 27.0. The monoisotopic (exact) mass is 1040 g/mol. The summed E-state index contributed by atoms with van der Waals surface area (Å²) in [7, 11) is 0. The molecule has 0 aliphatic rings. The fraction of sp³-hybridized carbons (Fsp3) is 0.492. The Hall–Kier alpha value is -6.78. The van der Waals surface area contributed by atoms with Crippen LogP contribution >= 0.6 is 0 Å². The number of carbonyl (C=O) groups excluding carboxylic acids is 4. The van der Waals surface area contributed by atoms with Crippen molar-refractivity contribution in [3.05, 3.63) is 120 Å². The Morgan fingerprint density at radius 2 is 0.773 bits per heavy atom. The average molecular weight is 1040 g/mol. The summed E-state index contributed by atoms with van der Waals surface area (Å²) in [5.41, 5.74) is 26.8. The molecule has 0 radical (unpaired) electrons. The van der Waals surface area contributed by atoms with Gasteiger partial charge in [0.1, 0.15) is 0 Å². The SMILES string of the molecule is CC.CCCCCNC(=O)CNC(=O)[C@H](Cc1ccc(-c2ccccc2)cc1)NC(C)C.CCCCNC(=O)CNC(=O)C(Cc1ccc(-c2ccccc2)cc1)NC(C)C.CCCN=C(N)N.CCCN=C(N)N. The highest BCUT2D eigenvalue weighted by Gasteiger charge is 2.22. The first-order chi connectivity index (χ1) is 36.0. The lowest BCUT2D eigenvalue weighted by Crippen LogP contribution is -2.50. The van der Waals surface area contributed by atoms with Gasteiger partial charge in [0.2, 0.25) is 23.6 Å². The molecule has 16 nitrogen and oxygen atoms in total. The third kappa shape index (κ3) is 35.1. The van der Waals surface area contributed by atoms with E-state index in [0.717, 1.165) is 80.3 Å². The predicted octanol–water partition coefficient (Wildman–Crippen LogP) is 7.35. The summed E-state index contributed by atoms with van der Waals surface area (Å²) in [6.07, 6.45) is 8.26. The van der Waals surface area contributed by atoms with Gasteiger partial charge in [0, 0.05) is 38.3 Å². The Bertz CT molecular complexity index is 2120. The molecule has 2 atom stereocenters. The molecule has 416 valence electrons. The van der Waals surface area contributed by atoms with Gasteiger partial charge in [-0.2, -0.15) is 0 Å². The van der Waals surface area contributed by atoms with Crippen LogP contribution in [0.15, 0.2) is 119 Å². The summed E-state index contributed by atoms with van der Waals surface area (Å²) >= 11 is 0. The maximum atomic E-state index is 12.7. The lowest BCUT2D eigenvalue weighted by molar-refractivity contribution is -0.127. The molecule has 1 unspecified atom stereocenters. The van der Waals surface area contributed by atoms with Gasteiger partial charge in [-0.25, -0.2) is 0 Å². The van der Waals surface area contributed by atoms with E-state index < -0.39 is 0 Å². The number of nitrogens with zero attached hydrogens (tertiary/aromatic N) is 2. The third-order valence-corrected chi connectivity index (χ3v) is 10.5. The second-order valence-corrected chi connectivity index (χ2v) is 18.1. The van der Waals surface area contributed by atoms with Crippen molar-refractivity contribution < 1.29 is 19.2 Å². The molecule has 0 saturated heterocycles. The van der Waals surface area contributed by atoms with Crippen LogP contribution in [-0.4, -0.2) is 99.0 Å². The molecule has 4 aromatic rings. The fourth-order valence-corrected chi connectivity index (χ4v) is 6.85. The molecule has 16 heteroatoms. The molecule has 14 N–H and O–H groups in total. The maximum Gasteiger partial charge on any atom is 0.239 e. The summed E-state index contributed by atoms with van der Waals surface area (Å²) < 4.78 is 0. The highest BCUT2D eigenvalue weighted by Crippen LogP contribution is 2.21. The van der Waals surface area contributed by atoms with Crippen molar-refractivity contribution in [2.75, 3.05) is 39.3 Å². The minimum atomic E-state index is -0.388. The molecule has 0 aliphatic heterocycles. The number of hydrogen-bond donors (Lipinski definition) is 10. The van der Waals surface area contributed by atoms with Crippen LogP contribution < -0.4 is 54.8 Å². The molecule has 0 aromatic heterocycles. The summed E-state index contributed by atoms with van der Waals surface area (Å²) in [6.45, 7) is 23.1. The number of aliphatic imine (C=N–C) groups is 2. The third-order valence-electron chi connectivity index (χ3n) is 10.5. The molecule has 4 amide bonds. The van der Waals surface area contributed by atoms with Gasteiger partial charge in [0.25, 0.3) is 0 Å². The van der Waals surface area contributed by atoms with E-state index in [2.05, 4.69) is 129 Å². The van der Waals surface area contributed by atoms with Crippen molar-refractivity contribution in [3.63, 3.8) is 0 Å². The van der Waals surface area contributed by atoms with Gasteiger partial charge in [-0.05, 0) is 71.9 Å². The predicted molar refractivity (Wildman–Crippen MR) is 315 cm³/mol.